The minimum absolute atomic E-state index is 0.387. The van der Waals surface area contributed by atoms with Gasteiger partial charge in [-0.25, -0.2) is 0 Å². The summed E-state index contributed by atoms with van der Waals surface area (Å²) in [5.41, 5.74) is 0.106. The normalized spacial score (nSPS) is 23.0. The second-order valence-electron chi connectivity index (χ2n) is 6.62. The van der Waals surface area contributed by atoms with E-state index in [9.17, 15) is 5.11 Å². The summed E-state index contributed by atoms with van der Waals surface area (Å²) in [7, 11) is 1.66. The maximum absolute atomic E-state index is 10.1. The molecular formula is C15H31NO2. The molecule has 1 atom stereocenters. The van der Waals surface area contributed by atoms with Crippen molar-refractivity contribution in [1.82, 2.24) is 4.90 Å². The lowest BCUT2D eigenvalue weighted by Gasteiger charge is -2.39. The molecule has 1 heterocycles. The Bertz CT molecular complexity index is 245. The van der Waals surface area contributed by atoms with Crippen molar-refractivity contribution in [1.29, 1.82) is 0 Å². The van der Waals surface area contributed by atoms with E-state index in [2.05, 4.69) is 18.7 Å². The Hall–Kier alpha value is -0.120. The quantitative estimate of drug-likeness (QED) is 0.794. The standard InChI is InChI=1S/C15H31NO2/c1-6-15(4)8-11-16(12-9-15)10-7-13(17)14(2,3)18-5/h13,17H,6-12H2,1-5H3. The van der Waals surface area contributed by atoms with Crippen LogP contribution in [-0.2, 0) is 4.74 Å². The summed E-state index contributed by atoms with van der Waals surface area (Å²) in [6, 6.07) is 0. The molecule has 0 spiro atoms. The Morgan fingerprint density at radius 1 is 1.33 bits per heavy atom. The van der Waals surface area contributed by atoms with Gasteiger partial charge < -0.3 is 14.7 Å². The van der Waals surface area contributed by atoms with Crippen LogP contribution in [0, 0.1) is 5.41 Å². The average Bonchev–Trinajstić information content (AvgIpc) is 2.37. The summed E-state index contributed by atoms with van der Waals surface area (Å²) in [5, 5.41) is 10.1. The molecule has 0 amide bonds. The Morgan fingerprint density at radius 3 is 2.33 bits per heavy atom. The van der Waals surface area contributed by atoms with Crippen LogP contribution < -0.4 is 0 Å². The van der Waals surface area contributed by atoms with E-state index in [0.29, 0.717) is 5.41 Å². The van der Waals surface area contributed by atoms with Crippen LogP contribution in [0.5, 0.6) is 0 Å². The molecule has 0 aromatic heterocycles. The number of ether oxygens (including phenoxy) is 1. The molecule has 0 aliphatic carbocycles. The zero-order valence-electron chi connectivity index (χ0n) is 12.8. The number of hydrogen-bond donors (Lipinski definition) is 1. The first-order chi connectivity index (χ1) is 8.33. The number of piperidine rings is 1. The van der Waals surface area contributed by atoms with Crippen molar-refractivity contribution in [2.24, 2.45) is 5.41 Å². The number of aliphatic hydroxyl groups excluding tert-OH is 1. The van der Waals surface area contributed by atoms with Gasteiger partial charge in [0, 0.05) is 13.7 Å². The summed E-state index contributed by atoms with van der Waals surface area (Å²) < 4.78 is 5.32. The Kier molecular flexibility index (Phi) is 5.63. The minimum atomic E-state index is -0.437. The highest BCUT2D eigenvalue weighted by Crippen LogP contribution is 2.34. The Labute approximate surface area is 113 Å². The van der Waals surface area contributed by atoms with Crippen molar-refractivity contribution < 1.29 is 9.84 Å². The fourth-order valence-corrected chi connectivity index (χ4v) is 2.46. The maximum atomic E-state index is 10.1. The number of hydrogen-bond acceptors (Lipinski definition) is 3. The van der Waals surface area contributed by atoms with Gasteiger partial charge in [0.05, 0.1) is 11.7 Å². The van der Waals surface area contributed by atoms with Gasteiger partial charge in [-0.15, -0.1) is 0 Å². The first-order valence-electron chi connectivity index (χ1n) is 7.28. The molecule has 1 saturated heterocycles. The topological polar surface area (TPSA) is 32.7 Å². The monoisotopic (exact) mass is 257 g/mol. The predicted octanol–water partition coefficient (Wildman–Crippen LogP) is 2.67. The minimum Gasteiger partial charge on any atom is -0.390 e. The second kappa shape index (κ2) is 6.36. The summed E-state index contributed by atoms with van der Waals surface area (Å²) in [4.78, 5) is 2.48. The van der Waals surface area contributed by atoms with E-state index < -0.39 is 5.60 Å². The summed E-state index contributed by atoms with van der Waals surface area (Å²) in [6.07, 6.45) is 4.26. The van der Waals surface area contributed by atoms with Gasteiger partial charge in [0.2, 0.25) is 0 Å². The number of aliphatic hydroxyl groups is 1. The number of likely N-dealkylation sites (tertiary alicyclic amines) is 1. The first-order valence-corrected chi connectivity index (χ1v) is 7.28. The van der Waals surface area contributed by atoms with Crippen molar-refractivity contribution in [3.8, 4) is 0 Å². The molecule has 0 bridgehead atoms. The fraction of sp³-hybridized carbons (Fsp3) is 1.00. The maximum Gasteiger partial charge on any atom is 0.0880 e. The van der Waals surface area contributed by atoms with Crippen molar-refractivity contribution in [3.05, 3.63) is 0 Å². The fourth-order valence-electron chi connectivity index (χ4n) is 2.46. The van der Waals surface area contributed by atoms with Gasteiger partial charge in [0.25, 0.3) is 0 Å². The molecule has 1 unspecified atom stereocenters. The van der Waals surface area contributed by atoms with E-state index in [4.69, 9.17) is 4.74 Å². The van der Waals surface area contributed by atoms with Crippen molar-refractivity contribution in [2.45, 2.75) is 65.1 Å². The highest BCUT2D eigenvalue weighted by molar-refractivity contribution is 4.83. The highest BCUT2D eigenvalue weighted by atomic mass is 16.5. The highest BCUT2D eigenvalue weighted by Gasteiger charge is 2.30. The molecular weight excluding hydrogens is 226 g/mol. The van der Waals surface area contributed by atoms with Gasteiger partial charge >= 0.3 is 0 Å². The number of methoxy groups -OCH3 is 1. The summed E-state index contributed by atoms with van der Waals surface area (Å²) >= 11 is 0. The van der Waals surface area contributed by atoms with Crippen LogP contribution in [0.2, 0.25) is 0 Å². The van der Waals surface area contributed by atoms with E-state index in [1.807, 2.05) is 13.8 Å². The number of nitrogens with zero attached hydrogens (tertiary/aromatic N) is 1. The molecule has 3 nitrogen and oxygen atoms in total. The van der Waals surface area contributed by atoms with Crippen molar-refractivity contribution in [2.75, 3.05) is 26.7 Å². The van der Waals surface area contributed by atoms with Crippen molar-refractivity contribution in [3.63, 3.8) is 0 Å². The van der Waals surface area contributed by atoms with Crippen LogP contribution in [0.4, 0.5) is 0 Å². The van der Waals surface area contributed by atoms with Crippen LogP contribution in [0.15, 0.2) is 0 Å². The third kappa shape index (κ3) is 4.22. The molecule has 0 saturated carbocycles. The molecule has 108 valence electrons. The Morgan fingerprint density at radius 2 is 1.89 bits per heavy atom. The third-order valence-corrected chi connectivity index (χ3v) is 4.96. The van der Waals surface area contributed by atoms with Crippen LogP contribution in [0.3, 0.4) is 0 Å². The van der Waals surface area contributed by atoms with Gasteiger partial charge in [-0.1, -0.05) is 20.3 Å². The lowest BCUT2D eigenvalue weighted by molar-refractivity contribution is -0.0832. The lowest BCUT2D eigenvalue weighted by Crippen LogP contribution is -2.43. The second-order valence-corrected chi connectivity index (χ2v) is 6.62. The summed E-state index contributed by atoms with van der Waals surface area (Å²) in [5.74, 6) is 0. The van der Waals surface area contributed by atoms with Gasteiger partial charge in [-0.05, 0) is 51.6 Å². The molecule has 1 N–H and O–H groups in total. The molecule has 0 aromatic carbocycles. The molecule has 1 aliphatic heterocycles. The molecule has 3 heteroatoms. The predicted molar refractivity (Wildman–Crippen MR) is 75.8 cm³/mol. The molecule has 1 aliphatic rings. The zero-order valence-corrected chi connectivity index (χ0v) is 12.8. The van der Waals surface area contributed by atoms with E-state index in [0.717, 1.165) is 13.0 Å². The smallest absolute Gasteiger partial charge is 0.0880 e. The molecule has 18 heavy (non-hydrogen) atoms. The van der Waals surface area contributed by atoms with E-state index in [1.54, 1.807) is 7.11 Å². The largest absolute Gasteiger partial charge is 0.390 e. The van der Waals surface area contributed by atoms with Gasteiger partial charge in [-0.3, -0.25) is 0 Å². The third-order valence-electron chi connectivity index (χ3n) is 4.96. The molecule has 0 radical (unpaired) electrons. The van der Waals surface area contributed by atoms with Crippen LogP contribution >= 0.6 is 0 Å². The molecule has 0 aromatic rings. The first kappa shape index (κ1) is 15.9. The van der Waals surface area contributed by atoms with Crippen LogP contribution in [-0.4, -0.2) is 48.5 Å². The zero-order chi connectivity index (χ0) is 13.8. The lowest BCUT2D eigenvalue weighted by atomic mass is 9.78. The molecule has 1 rings (SSSR count). The number of rotatable bonds is 6. The van der Waals surface area contributed by atoms with E-state index in [-0.39, 0.29) is 6.10 Å². The SMILES string of the molecule is CCC1(C)CCN(CCC(O)C(C)(C)OC)CC1. The van der Waals surface area contributed by atoms with E-state index in [1.165, 1.54) is 32.4 Å². The van der Waals surface area contributed by atoms with Gasteiger partial charge in [0.1, 0.15) is 0 Å². The van der Waals surface area contributed by atoms with Crippen molar-refractivity contribution >= 4 is 0 Å². The van der Waals surface area contributed by atoms with Gasteiger partial charge in [0.15, 0.2) is 0 Å². The van der Waals surface area contributed by atoms with E-state index >= 15 is 0 Å². The van der Waals surface area contributed by atoms with Crippen LogP contribution in [0.1, 0.15) is 53.4 Å². The molecule has 1 fully saturated rings. The summed E-state index contributed by atoms with van der Waals surface area (Å²) in [6.45, 7) is 11.9. The average molecular weight is 257 g/mol. The Balaban J connectivity index is 2.30. The van der Waals surface area contributed by atoms with Crippen LogP contribution in [0.25, 0.3) is 0 Å². The van der Waals surface area contributed by atoms with Gasteiger partial charge in [-0.2, -0.15) is 0 Å².